The number of likely N-dealkylation sites (tertiary alicyclic amines) is 1. The van der Waals surface area contributed by atoms with Crippen molar-refractivity contribution >= 4 is 5.91 Å². The van der Waals surface area contributed by atoms with Crippen molar-refractivity contribution in [3.05, 3.63) is 30.1 Å². The normalized spacial score (nSPS) is 18.2. The van der Waals surface area contributed by atoms with Crippen LogP contribution in [0.2, 0.25) is 0 Å². The fourth-order valence-corrected chi connectivity index (χ4v) is 3.22. The van der Waals surface area contributed by atoms with Crippen molar-refractivity contribution in [2.75, 3.05) is 13.1 Å². The number of carbonyl (C=O) groups is 1. The van der Waals surface area contributed by atoms with Gasteiger partial charge >= 0.3 is 0 Å². The summed E-state index contributed by atoms with van der Waals surface area (Å²) in [6.45, 7) is 5.47. The molecule has 0 aliphatic carbocycles. The molecular weight excluding hydrogens is 290 g/mol. The van der Waals surface area contributed by atoms with Crippen LogP contribution in [-0.4, -0.2) is 43.4 Å². The van der Waals surface area contributed by atoms with Gasteiger partial charge in [-0.3, -0.25) is 14.8 Å². The molecule has 0 spiro atoms. The van der Waals surface area contributed by atoms with Gasteiger partial charge in [0, 0.05) is 44.9 Å². The van der Waals surface area contributed by atoms with Gasteiger partial charge in [0.2, 0.25) is 5.91 Å². The fourth-order valence-electron chi connectivity index (χ4n) is 3.22. The Morgan fingerprint density at radius 1 is 1.30 bits per heavy atom. The second-order valence-electron chi connectivity index (χ2n) is 6.07. The maximum Gasteiger partial charge on any atom is 0.222 e. The minimum Gasteiger partial charge on any atom is -0.342 e. The molecule has 0 radical (unpaired) electrons. The molecule has 1 atom stereocenters. The number of nitrogens with zero attached hydrogens (tertiary/aromatic N) is 5. The molecule has 2 aromatic rings. The lowest BCUT2D eigenvalue weighted by Gasteiger charge is -2.32. The molecule has 23 heavy (non-hydrogen) atoms. The van der Waals surface area contributed by atoms with Crippen LogP contribution in [0.1, 0.15) is 43.6 Å². The predicted octanol–water partition coefficient (Wildman–Crippen LogP) is 2.30. The summed E-state index contributed by atoms with van der Waals surface area (Å²) in [5.41, 5.74) is 2.83. The third-order valence-electron chi connectivity index (χ3n) is 4.65. The third kappa shape index (κ3) is 2.98. The highest BCUT2D eigenvalue weighted by Crippen LogP contribution is 2.31. The van der Waals surface area contributed by atoms with E-state index in [9.17, 15) is 4.79 Å². The predicted molar refractivity (Wildman–Crippen MR) is 87.8 cm³/mol. The van der Waals surface area contributed by atoms with E-state index in [1.54, 1.807) is 12.4 Å². The first kappa shape index (κ1) is 15.6. The maximum atomic E-state index is 12.0. The van der Waals surface area contributed by atoms with Crippen LogP contribution in [-0.2, 0) is 11.8 Å². The molecule has 1 amide bonds. The van der Waals surface area contributed by atoms with E-state index < -0.39 is 0 Å². The smallest absolute Gasteiger partial charge is 0.222 e. The number of aryl methyl sites for hydroxylation is 1. The molecule has 0 aromatic carbocycles. The quantitative estimate of drug-likeness (QED) is 0.872. The molecule has 1 aliphatic rings. The van der Waals surface area contributed by atoms with Gasteiger partial charge in [-0.05, 0) is 19.8 Å². The Bertz CT molecular complexity index is 709. The minimum absolute atomic E-state index is 0.219. The van der Waals surface area contributed by atoms with Crippen LogP contribution in [0.4, 0.5) is 0 Å². The first-order chi connectivity index (χ1) is 11.1. The van der Waals surface area contributed by atoms with Crippen LogP contribution in [0.25, 0.3) is 11.4 Å². The number of hydrogen-bond acceptors (Lipinski definition) is 4. The van der Waals surface area contributed by atoms with Gasteiger partial charge in [-0.25, -0.2) is 4.98 Å². The van der Waals surface area contributed by atoms with Crippen LogP contribution in [0, 0.1) is 6.92 Å². The van der Waals surface area contributed by atoms with E-state index in [0.717, 1.165) is 48.8 Å². The molecule has 1 saturated heterocycles. The summed E-state index contributed by atoms with van der Waals surface area (Å²) in [6, 6.07) is 0. The molecule has 0 N–H and O–H groups in total. The van der Waals surface area contributed by atoms with Gasteiger partial charge in [-0.1, -0.05) is 6.92 Å². The standard InChI is InChI=1S/C17H23N5O/c1-4-15(23)22-9-5-6-13(11-22)16-17(19-8-7-18-16)14-10-20-12(2)21(14)3/h7-8,10,13H,4-6,9,11H2,1-3H3/t13-/m1/s1. The average molecular weight is 313 g/mol. The Labute approximate surface area is 136 Å². The van der Waals surface area contributed by atoms with Crippen LogP contribution >= 0.6 is 0 Å². The minimum atomic E-state index is 0.219. The lowest BCUT2D eigenvalue weighted by molar-refractivity contribution is -0.132. The summed E-state index contributed by atoms with van der Waals surface area (Å²) in [4.78, 5) is 27.5. The monoisotopic (exact) mass is 313 g/mol. The lowest BCUT2D eigenvalue weighted by Crippen LogP contribution is -2.39. The van der Waals surface area contributed by atoms with E-state index in [2.05, 4.69) is 15.0 Å². The summed E-state index contributed by atoms with van der Waals surface area (Å²) < 4.78 is 2.03. The third-order valence-corrected chi connectivity index (χ3v) is 4.65. The van der Waals surface area contributed by atoms with Gasteiger partial charge < -0.3 is 9.47 Å². The molecule has 1 aliphatic heterocycles. The summed E-state index contributed by atoms with van der Waals surface area (Å²) in [5, 5.41) is 0. The molecule has 6 nitrogen and oxygen atoms in total. The Morgan fingerprint density at radius 2 is 2.09 bits per heavy atom. The Morgan fingerprint density at radius 3 is 2.78 bits per heavy atom. The maximum absolute atomic E-state index is 12.0. The van der Waals surface area contributed by atoms with Crippen molar-refractivity contribution in [2.45, 2.75) is 39.0 Å². The second kappa shape index (κ2) is 6.48. The second-order valence-corrected chi connectivity index (χ2v) is 6.07. The molecule has 0 unspecified atom stereocenters. The van der Waals surface area contributed by atoms with Gasteiger partial charge in [0.25, 0.3) is 0 Å². The molecule has 0 bridgehead atoms. The van der Waals surface area contributed by atoms with E-state index in [1.807, 2.05) is 36.6 Å². The summed E-state index contributed by atoms with van der Waals surface area (Å²) in [5.74, 6) is 1.40. The van der Waals surface area contributed by atoms with Gasteiger partial charge in [-0.2, -0.15) is 0 Å². The number of imidazole rings is 1. The average Bonchev–Trinajstić information content (AvgIpc) is 2.93. The highest BCUT2D eigenvalue weighted by molar-refractivity contribution is 5.76. The van der Waals surface area contributed by atoms with E-state index >= 15 is 0 Å². The van der Waals surface area contributed by atoms with E-state index in [-0.39, 0.29) is 11.8 Å². The van der Waals surface area contributed by atoms with Crippen molar-refractivity contribution in [1.29, 1.82) is 0 Å². The lowest BCUT2D eigenvalue weighted by atomic mass is 9.92. The highest BCUT2D eigenvalue weighted by Gasteiger charge is 2.28. The number of amides is 1. The van der Waals surface area contributed by atoms with Crippen molar-refractivity contribution in [3.8, 4) is 11.4 Å². The SMILES string of the molecule is CCC(=O)N1CCC[C@@H](c2nccnc2-c2cnc(C)n2C)C1. The van der Waals surface area contributed by atoms with Gasteiger partial charge in [0.15, 0.2) is 0 Å². The zero-order chi connectivity index (χ0) is 16.4. The summed E-state index contributed by atoms with van der Waals surface area (Å²) >= 11 is 0. The number of rotatable bonds is 3. The zero-order valence-corrected chi connectivity index (χ0v) is 14.0. The molecule has 6 heteroatoms. The molecule has 122 valence electrons. The van der Waals surface area contributed by atoms with E-state index in [4.69, 9.17) is 0 Å². The molecule has 1 fully saturated rings. The van der Waals surface area contributed by atoms with Crippen molar-refractivity contribution in [2.24, 2.45) is 7.05 Å². The van der Waals surface area contributed by atoms with Crippen molar-refractivity contribution in [1.82, 2.24) is 24.4 Å². The zero-order valence-electron chi connectivity index (χ0n) is 14.0. The molecule has 0 saturated carbocycles. The van der Waals surface area contributed by atoms with Crippen LogP contribution in [0.5, 0.6) is 0 Å². The number of hydrogen-bond donors (Lipinski definition) is 0. The van der Waals surface area contributed by atoms with E-state index in [1.165, 1.54) is 0 Å². The Balaban J connectivity index is 1.94. The molecule has 3 rings (SSSR count). The molecule has 3 heterocycles. The summed E-state index contributed by atoms with van der Waals surface area (Å²) in [6.07, 6.45) is 7.91. The number of carbonyl (C=O) groups excluding carboxylic acids is 1. The van der Waals surface area contributed by atoms with Crippen LogP contribution < -0.4 is 0 Å². The molecule has 2 aromatic heterocycles. The largest absolute Gasteiger partial charge is 0.342 e. The first-order valence-electron chi connectivity index (χ1n) is 8.19. The number of aromatic nitrogens is 4. The Kier molecular flexibility index (Phi) is 4.41. The topological polar surface area (TPSA) is 63.9 Å². The Hall–Kier alpha value is -2.24. The van der Waals surface area contributed by atoms with Crippen LogP contribution in [0.15, 0.2) is 18.6 Å². The summed E-state index contributed by atoms with van der Waals surface area (Å²) in [7, 11) is 1.99. The van der Waals surface area contributed by atoms with Crippen LogP contribution in [0.3, 0.4) is 0 Å². The van der Waals surface area contributed by atoms with Gasteiger partial charge in [0.05, 0.1) is 17.6 Å². The van der Waals surface area contributed by atoms with E-state index in [0.29, 0.717) is 6.42 Å². The van der Waals surface area contributed by atoms with Gasteiger partial charge in [-0.15, -0.1) is 0 Å². The number of piperidine rings is 1. The van der Waals surface area contributed by atoms with Gasteiger partial charge in [0.1, 0.15) is 11.5 Å². The highest BCUT2D eigenvalue weighted by atomic mass is 16.2. The fraction of sp³-hybridized carbons (Fsp3) is 0.529. The van der Waals surface area contributed by atoms with Crippen molar-refractivity contribution in [3.63, 3.8) is 0 Å². The van der Waals surface area contributed by atoms with Crippen molar-refractivity contribution < 1.29 is 4.79 Å². The first-order valence-corrected chi connectivity index (χ1v) is 8.19. The molecular formula is C17H23N5O.